The molecule has 3 aromatic rings. The fraction of sp³-hybridized carbons (Fsp3) is 0.350. The Labute approximate surface area is 164 Å². The van der Waals surface area contributed by atoms with Crippen molar-refractivity contribution in [2.45, 2.75) is 32.7 Å². The fourth-order valence-corrected chi connectivity index (χ4v) is 3.07. The topological polar surface area (TPSA) is 66.6 Å². The van der Waals surface area contributed by atoms with E-state index < -0.39 is 0 Å². The third kappa shape index (κ3) is 5.20. The van der Waals surface area contributed by atoms with Crippen molar-refractivity contribution in [2.24, 2.45) is 4.99 Å². The molecule has 0 spiro atoms. The van der Waals surface area contributed by atoms with Gasteiger partial charge in [-0.15, -0.1) is 10.2 Å². The molecule has 0 radical (unpaired) electrons. The first-order valence-electron chi connectivity index (χ1n) is 9.26. The van der Waals surface area contributed by atoms with E-state index in [2.05, 4.69) is 45.7 Å². The number of aliphatic imine (C=N–C) groups is 1. The second kappa shape index (κ2) is 9.37. The molecule has 142 valence electrons. The minimum atomic E-state index is 0.113. The summed E-state index contributed by atoms with van der Waals surface area (Å²) in [4.78, 5) is 4.68. The number of hydrogen-bond donors (Lipinski definition) is 2. The number of rotatable bonds is 7. The van der Waals surface area contributed by atoms with Crippen LogP contribution in [0.25, 0.3) is 5.65 Å². The minimum Gasteiger partial charge on any atom is -0.357 e. The van der Waals surface area contributed by atoms with Crippen LogP contribution in [0, 0.1) is 0 Å². The molecule has 0 amide bonds. The van der Waals surface area contributed by atoms with Gasteiger partial charge in [-0.3, -0.25) is 9.39 Å². The molecule has 0 fully saturated rings. The van der Waals surface area contributed by atoms with Crippen LogP contribution in [0.1, 0.15) is 37.7 Å². The van der Waals surface area contributed by atoms with Crippen molar-refractivity contribution in [1.29, 1.82) is 0 Å². The molecule has 0 bridgehead atoms. The molecule has 1 atom stereocenters. The molecule has 6 nitrogen and oxygen atoms in total. The summed E-state index contributed by atoms with van der Waals surface area (Å²) in [6, 6.07) is 13.9. The van der Waals surface area contributed by atoms with E-state index in [1.807, 2.05) is 47.0 Å². The van der Waals surface area contributed by atoms with Crippen LogP contribution in [0.5, 0.6) is 0 Å². The molecule has 0 aliphatic heterocycles. The van der Waals surface area contributed by atoms with Gasteiger partial charge in [0.1, 0.15) is 5.82 Å². The van der Waals surface area contributed by atoms with Gasteiger partial charge in [-0.25, -0.2) is 0 Å². The summed E-state index contributed by atoms with van der Waals surface area (Å²) < 4.78 is 2.02. The summed E-state index contributed by atoms with van der Waals surface area (Å²) in [5.74, 6) is 1.77. The number of fused-ring (bicyclic) bond motifs is 1. The summed E-state index contributed by atoms with van der Waals surface area (Å²) in [5.41, 5.74) is 2.00. The molecule has 0 saturated heterocycles. The maximum Gasteiger partial charge on any atom is 0.191 e. The highest BCUT2D eigenvalue weighted by Gasteiger charge is 2.08. The van der Waals surface area contributed by atoms with Crippen LogP contribution in [0.15, 0.2) is 53.7 Å². The van der Waals surface area contributed by atoms with Crippen molar-refractivity contribution in [3.05, 3.63) is 65.1 Å². The van der Waals surface area contributed by atoms with Crippen LogP contribution in [-0.2, 0) is 6.42 Å². The quantitative estimate of drug-likeness (QED) is 0.371. The molecule has 2 heterocycles. The van der Waals surface area contributed by atoms with Crippen molar-refractivity contribution in [1.82, 2.24) is 25.2 Å². The van der Waals surface area contributed by atoms with E-state index in [0.717, 1.165) is 47.4 Å². The lowest BCUT2D eigenvalue weighted by atomic mass is 10.1. The molecule has 2 aromatic heterocycles. The molecule has 0 aliphatic rings. The van der Waals surface area contributed by atoms with Crippen LogP contribution in [0.2, 0.25) is 5.02 Å². The number of nitrogens with one attached hydrogen (secondary N) is 2. The zero-order chi connectivity index (χ0) is 19.1. The number of pyridine rings is 1. The van der Waals surface area contributed by atoms with Crippen molar-refractivity contribution < 1.29 is 0 Å². The van der Waals surface area contributed by atoms with Gasteiger partial charge in [-0.05, 0) is 50.1 Å². The molecule has 3 rings (SSSR count). The number of nitrogens with zero attached hydrogens (tertiary/aromatic N) is 4. The van der Waals surface area contributed by atoms with E-state index in [-0.39, 0.29) is 6.04 Å². The number of hydrogen-bond acceptors (Lipinski definition) is 3. The highest BCUT2D eigenvalue weighted by atomic mass is 35.5. The van der Waals surface area contributed by atoms with Crippen molar-refractivity contribution in [2.75, 3.05) is 13.1 Å². The zero-order valence-electron chi connectivity index (χ0n) is 15.7. The lowest BCUT2D eigenvalue weighted by molar-refractivity contribution is 0.681. The molecule has 7 heteroatoms. The number of halogens is 1. The van der Waals surface area contributed by atoms with Gasteiger partial charge in [-0.2, -0.15) is 0 Å². The van der Waals surface area contributed by atoms with Crippen LogP contribution in [-0.4, -0.2) is 33.6 Å². The highest BCUT2D eigenvalue weighted by molar-refractivity contribution is 6.30. The maximum absolute atomic E-state index is 6.09. The molecular weight excluding hydrogens is 360 g/mol. The molecule has 0 aliphatic carbocycles. The molecule has 27 heavy (non-hydrogen) atoms. The molecule has 0 saturated carbocycles. The van der Waals surface area contributed by atoms with Gasteiger partial charge in [0.15, 0.2) is 11.6 Å². The Morgan fingerprint density at radius 2 is 2.11 bits per heavy atom. The lowest BCUT2D eigenvalue weighted by Crippen LogP contribution is -2.38. The van der Waals surface area contributed by atoms with E-state index >= 15 is 0 Å². The van der Waals surface area contributed by atoms with Crippen LogP contribution < -0.4 is 10.6 Å². The predicted octanol–water partition coefficient (Wildman–Crippen LogP) is 3.63. The molecular formula is C20H25ClN6. The molecule has 2 N–H and O–H groups in total. The average Bonchev–Trinajstić information content (AvgIpc) is 3.08. The third-order valence-corrected chi connectivity index (χ3v) is 4.49. The normalized spacial score (nSPS) is 12.9. The number of aryl methyl sites for hydroxylation is 1. The SMILES string of the molecule is CCNC(=NCCCc1nnc2ccccn12)NC(C)c1cccc(Cl)c1. The Balaban J connectivity index is 1.57. The van der Waals surface area contributed by atoms with E-state index in [4.69, 9.17) is 11.6 Å². The smallest absolute Gasteiger partial charge is 0.191 e. The largest absolute Gasteiger partial charge is 0.357 e. The van der Waals surface area contributed by atoms with Gasteiger partial charge < -0.3 is 10.6 Å². The van der Waals surface area contributed by atoms with Crippen molar-refractivity contribution in [3.63, 3.8) is 0 Å². The first-order chi connectivity index (χ1) is 13.2. The fourth-order valence-electron chi connectivity index (χ4n) is 2.87. The summed E-state index contributed by atoms with van der Waals surface area (Å²) in [6.45, 7) is 5.67. The van der Waals surface area contributed by atoms with Crippen molar-refractivity contribution >= 4 is 23.2 Å². The third-order valence-electron chi connectivity index (χ3n) is 4.26. The molecule has 1 aromatic carbocycles. The van der Waals surface area contributed by atoms with Gasteiger partial charge in [0.05, 0.1) is 6.04 Å². The Bertz CT molecular complexity index is 904. The Morgan fingerprint density at radius 3 is 2.93 bits per heavy atom. The predicted molar refractivity (Wildman–Crippen MR) is 110 cm³/mol. The minimum absolute atomic E-state index is 0.113. The van der Waals surface area contributed by atoms with E-state index in [1.54, 1.807) is 0 Å². The number of guanidine groups is 1. The van der Waals surface area contributed by atoms with Gasteiger partial charge in [0.2, 0.25) is 0 Å². The van der Waals surface area contributed by atoms with Gasteiger partial charge in [-0.1, -0.05) is 29.8 Å². The number of aromatic nitrogens is 3. The van der Waals surface area contributed by atoms with E-state index in [1.165, 1.54) is 0 Å². The Hall–Kier alpha value is -2.60. The van der Waals surface area contributed by atoms with Gasteiger partial charge >= 0.3 is 0 Å². The van der Waals surface area contributed by atoms with Crippen LogP contribution in [0.4, 0.5) is 0 Å². The van der Waals surface area contributed by atoms with Crippen LogP contribution >= 0.6 is 11.6 Å². The second-order valence-corrected chi connectivity index (χ2v) is 6.77. The maximum atomic E-state index is 6.09. The summed E-state index contributed by atoms with van der Waals surface area (Å²) in [7, 11) is 0. The Morgan fingerprint density at radius 1 is 1.22 bits per heavy atom. The first-order valence-corrected chi connectivity index (χ1v) is 9.64. The Kier molecular flexibility index (Phi) is 6.65. The van der Waals surface area contributed by atoms with Crippen molar-refractivity contribution in [3.8, 4) is 0 Å². The van der Waals surface area contributed by atoms with E-state index in [0.29, 0.717) is 6.54 Å². The first kappa shape index (κ1) is 19.2. The zero-order valence-corrected chi connectivity index (χ0v) is 16.4. The standard InChI is InChI=1S/C20H25ClN6/c1-3-22-20(24-15(2)16-8-6-9-17(21)14-16)23-12-7-11-19-26-25-18-10-4-5-13-27(18)19/h4-6,8-10,13-15H,3,7,11-12H2,1-2H3,(H2,22,23,24). The molecule has 1 unspecified atom stereocenters. The van der Waals surface area contributed by atoms with Crippen LogP contribution in [0.3, 0.4) is 0 Å². The lowest BCUT2D eigenvalue weighted by Gasteiger charge is -2.18. The number of benzene rings is 1. The summed E-state index contributed by atoms with van der Waals surface area (Å²) >= 11 is 6.09. The average molecular weight is 385 g/mol. The summed E-state index contributed by atoms with van der Waals surface area (Å²) in [5, 5.41) is 15.9. The summed E-state index contributed by atoms with van der Waals surface area (Å²) in [6.07, 6.45) is 3.72. The van der Waals surface area contributed by atoms with E-state index in [9.17, 15) is 0 Å². The monoisotopic (exact) mass is 384 g/mol. The highest BCUT2D eigenvalue weighted by Crippen LogP contribution is 2.17. The van der Waals surface area contributed by atoms with Gasteiger partial charge in [0, 0.05) is 30.7 Å². The van der Waals surface area contributed by atoms with Gasteiger partial charge in [0.25, 0.3) is 0 Å². The second-order valence-electron chi connectivity index (χ2n) is 6.33.